The van der Waals surface area contributed by atoms with Crippen LogP contribution >= 0.6 is 23.1 Å². The maximum absolute atomic E-state index is 12.4. The fourth-order valence-electron chi connectivity index (χ4n) is 1.67. The second-order valence-electron chi connectivity index (χ2n) is 4.90. The molecule has 1 aromatic heterocycles. The van der Waals surface area contributed by atoms with E-state index in [4.69, 9.17) is 0 Å². The zero-order valence-electron chi connectivity index (χ0n) is 12.4. The van der Waals surface area contributed by atoms with Crippen molar-refractivity contribution in [3.05, 3.63) is 34.8 Å². The third-order valence-corrected chi connectivity index (χ3v) is 5.17. The summed E-state index contributed by atoms with van der Waals surface area (Å²) < 4.78 is 0. The van der Waals surface area contributed by atoms with Crippen LogP contribution in [-0.4, -0.2) is 21.9 Å². The van der Waals surface area contributed by atoms with Crippen molar-refractivity contribution in [1.29, 1.82) is 0 Å². The number of thioether (sulfide) groups is 1. The SMILES string of the molecule is CCCSc1ccccc1C(=O)Nc1nnc(C(C)C)s1. The van der Waals surface area contributed by atoms with Crippen LogP contribution in [0.25, 0.3) is 0 Å². The summed E-state index contributed by atoms with van der Waals surface area (Å²) in [6, 6.07) is 7.66. The molecule has 2 rings (SSSR count). The number of anilines is 1. The average molecular weight is 321 g/mol. The van der Waals surface area contributed by atoms with Gasteiger partial charge in [-0.15, -0.1) is 22.0 Å². The van der Waals surface area contributed by atoms with Gasteiger partial charge in [0.1, 0.15) is 5.01 Å². The maximum atomic E-state index is 12.4. The number of rotatable bonds is 6. The van der Waals surface area contributed by atoms with Crippen LogP contribution in [0.15, 0.2) is 29.2 Å². The number of nitrogens with one attached hydrogen (secondary N) is 1. The lowest BCUT2D eigenvalue weighted by Crippen LogP contribution is -2.12. The average Bonchev–Trinajstić information content (AvgIpc) is 2.94. The van der Waals surface area contributed by atoms with Crippen LogP contribution in [0.2, 0.25) is 0 Å². The Bertz CT molecular complexity index is 610. The lowest BCUT2D eigenvalue weighted by atomic mass is 10.2. The van der Waals surface area contributed by atoms with E-state index in [9.17, 15) is 4.79 Å². The topological polar surface area (TPSA) is 54.9 Å². The molecule has 4 nitrogen and oxygen atoms in total. The molecule has 0 saturated carbocycles. The number of hydrogen-bond donors (Lipinski definition) is 1. The molecule has 112 valence electrons. The maximum Gasteiger partial charge on any atom is 0.258 e. The van der Waals surface area contributed by atoms with Crippen molar-refractivity contribution in [2.75, 3.05) is 11.1 Å². The van der Waals surface area contributed by atoms with Gasteiger partial charge in [0.05, 0.1) is 5.56 Å². The molecule has 1 aromatic carbocycles. The van der Waals surface area contributed by atoms with Gasteiger partial charge >= 0.3 is 0 Å². The van der Waals surface area contributed by atoms with Crippen LogP contribution in [-0.2, 0) is 0 Å². The molecule has 0 aliphatic rings. The highest BCUT2D eigenvalue weighted by atomic mass is 32.2. The molecular weight excluding hydrogens is 302 g/mol. The van der Waals surface area contributed by atoms with Crippen LogP contribution < -0.4 is 5.32 Å². The smallest absolute Gasteiger partial charge is 0.258 e. The number of nitrogens with zero attached hydrogens (tertiary/aromatic N) is 2. The molecule has 1 amide bonds. The van der Waals surface area contributed by atoms with Crippen LogP contribution in [0.3, 0.4) is 0 Å². The molecule has 1 heterocycles. The lowest BCUT2D eigenvalue weighted by Gasteiger charge is -2.07. The Morgan fingerprint density at radius 2 is 2.10 bits per heavy atom. The van der Waals surface area contributed by atoms with Gasteiger partial charge in [0, 0.05) is 10.8 Å². The summed E-state index contributed by atoms with van der Waals surface area (Å²) in [4.78, 5) is 13.4. The zero-order valence-corrected chi connectivity index (χ0v) is 14.1. The first-order chi connectivity index (χ1) is 10.1. The molecule has 0 aliphatic heterocycles. The fraction of sp³-hybridized carbons (Fsp3) is 0.400. The fourth-order valence-corrected chi connectivity index (χ4v) is 3.33. The van der Waals surface area contributed by atoms with Crippen LogP contribution in [0, 0.1) is 0 Å². The molecule has 21 heavy (non-hydrogen) atoms. The first kappa shape index (κ1) is 16.0. The Hall–Kier alpha value is -1.40. The third-order valence-electron chi connectivity index (χ3n) is 2.75. The van der Waals surface area contributed by atoms with Crippen molar-refractivity contribution in [3.63, 3.8) is 0 Å². The molecule has 0 spiro atoms. The largest absolute Gasteiger partial charge is 0.296 e. The first-order valence-corrected chi connectivity index (χ1v) is 8.78. The van der Waals surface area contributed by atoms with Gasteiger partial charge in [-0.05, 0) is 24.3 Å². The van der Waals surface area contributed by atoms with Crippen LogP contribution in [0.1, 0.15) is 48.5 Å². The molecule has 1 N–H and O–H groups in total. The van der Waals surface area contributed by atoms with Gasteiger partial charge < -0.3 is 0 Å². The van der Waals surface area contributed by atoms with Gasteiger partial charge in [-0.1, -0.05) is 44.2 Å². The molecule has 0 fully saturated rings. The number of carbonyl (C=O) groups excluding carboxylic acids is 1. The highest BCUT2D eigenvalue weighted by Crippen LogP contribution is 2.26. The Balaban J connectivity index is 2.12. The summed E-state index contributed by atoms with van der Waals surface area (Å²) in [5.74, 6) is 1.20. The first-order valence-electron chi connectivity index (χ1n) is 6.98. The third kappa shape index (κ3) is 4.28. The number of hydrogen-bond acceptors (Lipinski definition) is 5. The van der Waals surface area contributed by atoms with E-state index in [0.29, 0.717) is 16.6 Å². The van der Waals surface area contributed by atoms with E-state index in [1.165, 1.54) is 11.3 Å². The van der Waals surface area contributed by atoms with E-state index >= 15 is 0 Å². The van der Waals surface area contributed by atoms with Gasteiger partial charge in [-0.3, -0.25) is 10.1 Å². The molecule has 0 bridgehead atoms. The molecule has 0 atom stereocenters. The van der Waals surface area contributed by atoms with Gasteiger partial charge in [0.2, 0.25) is 5.13 Å². The van der Waals surface area contributed by atoms with E-state index in [-0.39, 0.29) is 5.91 Å². The van der Waals surface area contributed by atoms with Crippen LogP contribution in [0.4, 0.5) is 5.13 Å². The normalized spacial score (nSPS) is 10.9. The number of carbonyl (C=O) groups is 1. The van der Waals surface area contributed by atoms with E-state index in [2.05, 4.69) is 36.3 Å². The molecule has 6 heteroatoms. The van der Waals surface area contributed by atoms with E-state index in [1.54, 1.807) is 11.8 Å². The summed E-state index contributed by atoms with van der Waals surface area (Å²) in [6.07, 6.45) is 1.08. The highest BCUT2D eigenvalue weighted by molar-refractivity contribution is 7.99. The van der Waals surface area contributed by atoms with Gasteiger partial charge in [0.15, 0.2) is 0 Å². The Morgan fingerprint density at radius 3 is 2.76 bits per heavy atom. The minimum absolute atomic E-state index is 0.124. The predicted molar refractivity (Wildman–Crippen MR) is 89.4 cm³/mol. The number of amides is 1. The summed E-state index contributed by atoms with van der Waals surface area (Å²) in [5, 5.41) is 12.4. The van der Waals surface area contributed by atoms with Crippen molar-refractivity contribution in [2.45, 2.75) is 38.0 Å². The van der Waals surface area contributed by atoms with Crippen molar-refractivity contribution in [2.24, 2.45) is 0 Å². The van der Waals surface area contributed by atoms with E-state index in [0.717, 1.165) is 22.1 Å². The van der Waals surface area contributed by atoms with Gasteiger partial charge in [-0.25, -0.2) is 0 Å². The minimum Gasteiger partial charge on any atom is -0.296 e. The molecular formula is C15H19N3OS2. The summed E-state index contributed by atoms with van der Waals surface area (Å²) in [7, 11) is 0. The Kier molecular flexibility index (Phi) is 5.76. The summed E-state index contributed by atoms with van der Waals surface area (Å²) in [5.41, 5.74) is 0.692. The standard InChI is InChI=1S/C15H19N3OS2/c1-4-9-20-12-8-6-5-7-11(12)13(19)16-15-18-17-14(21-15)10(2)3/h5-8,10H,4,9H2,1-3H3,(H,16,18,19). The molecule has 0 saturated heterocycles. The Morgan fingerprint density at radius 1 is 1.33 bits per heavy atom. The Labute approximate surface area is 133 Å². The summed E-state index contributed by atoms with van der Waals surface area (Å²) in [6.45, 7) is 6.25. The van der Waals surface area contributed by atoms with Crippen molar-refractivity contribution in [1.82, 2.24) is 10.2 Å². The van der Waals surface area contributed by atoms with E-state index < -0.39 is 0 Å². The van der Waals surface area contributed by atoms with Crippen molar-refractivity contribution in [3.8, 4) is 0 Å². The number of aromatic nitrogens is 2. The van der Waals surface area contributed by atoms with Gasteiger partial charge in [0.25, 0.3) is 5.91 Å². The highest BCUT2D eigenvalue weighted by Gasteiger charge is 2.14. The summed E-state index contributed by atoms with van der Waals surface area (Å²) >= 11 is 3.13. The lowest BCUT2D eigenvalue weighted by molar-refractivity contribution is 0.102. The van der Waals surface area contributed by atoms with Crippen LogP contribution in [0.5, 0.6) is 0 Å². The molecule has 0 aliphatic carbocycles. The quantitative estimate of drug-likeness (QED) is 0.800. The molecule has 2 aromatic rings. The second-order valence-corrected chi connectivity index (χ2v) is 7.04. The molecule has 0 unspecified atom stereocenters. The van der Waals surface area contributed by atoms with E-state index in [1.807, 2.05) is 24.3 Å². The van der Waals surface area contributed by atoms with Crippen molar-refractivity contribution < 1.29 is 4.79 Å². The van der Waals surface area contributed by atoms with Crippen molar-refractivity contribution >= 4 is 34.1 Å². The van der Waals surface area contributed by atoms with Gasteiger partial charge in [-0.2, -0.15) is 0 Å². The number of benzene rings is 1. The molecule has 0 radical (unpaired) electrons. The predicted octanol–water partition coefficient (Wildman–Crippen LogP) is 4.42. The monoisotopic (exact) mass is 321 g/mol. The second kappa shape index (κ2) is 7.56. The minimum atomic E-state index is -0.124. The zero-order chi connectivity index (χ0) is 15.2.